The van der Waals surface area contributed by atoms with Gasteiger partial charge in [0.15, 0.2) is 6.61 Å². The fourth-order valence-corrected chi connectivity index (χ4v) is 4.93. The summed E-state index contributed by atoms with van der Waals surface area (Å²) in [6, 6.07) is 11.9. The van der Waals surface area contributed by atoms with Gasteiger partial charge in [0.2, 0.25) is 0 Å². The first-order valence-corrected chi connectivity index (χ1v) is 12.5. The lowest BCUT2D eigenvalue weighted by molar-refractivity contribution is -0.119. The van der Waals surface area contributed by atoms with E-state index in [1.165, 1.54) is 6.07 Å². The predicted octanol–water partition coefficient (Wildman–Crippen LogP) is 6.17. The number of halogens is 1. The molecule has 1 N–H and O–H groups in total. The van der Waals surface area contributed by atoms with Crippen molar-refractivity contribution >= 4 is 39.5 Å². The first-order chi connectivity index (χ1) is 16.2. The van der Waals surface area contributed by atoms with Crippen molar-refractivity contribution in [1.82, 2.24) is 0 Å². The fraction of sp³-hybridized carbons (Fsp3) is 0.444. The molecule has 1 aliphatic rings. The highest BCUT2D eigenvalue weighted by Gasteiger charge is 2.34. The Morgan fingerprint density at radius 2 is 1.74 bits per heavy atom. The van der Waals surface area contributed by atoms with Gasteiger partial charge in [-0.25, -0.2) is 9.59 Å². The van der Waals surface area contributed by atoms with Crippen LogP contribution < -0.4 is 5.32 Å². The summed E-state index contributed by atoms with van der Waals surface area (Å²) in [7, 11) is 0. The van der Waals surface area contributed by atoms with Crippen LogP contribution in [0.25, 0.3) is 0 Å². The number of carbonyl (C=O) groups is 3. The average Bonchev–Trinajstić information content (AvgIpc) is 2.79. The lowest BCUT2D eigenvalue weighted by Crippen LogP contribution is -2.36. The van der Waals surface area contributed by atoms with Crippen LogP contribution in [0.15, 0.2) is 46.9 Å². The summed E-state index contributed by atoms with van der Waals surface area (Å²) >= 11 is 3.38. The van der Waals surface area contributed by atoms with Crippen LogP contribution in [-0.2, 0) is 14.3 Å². The van der Waals surface area contributed by atoms with Gasteiger partial charge in [0.25, 0.3) is 5.91 Å². The van der Waals surface area contributed by atoms with Gasteiger partial charge < -0.3 is 14.8 Å². The molecule has 1 fully saturated rings. The van der Waals surface area contributed by atoms with Crippen LogP contribution in [0.2, 0.25) is 0 Å². The number of benzene rings is 2. The summed E-state index contributed by atoms with van der Waals surface area (Å²) in [5.41, 5.74) is 1.75. The molecule has 7 heteroatoms. The van der Waals surface area contributed by atoms with Crippen LogP contribution >= 0.6 is 15.9 Å². The molecule has 0 saturated heterocycles. The summed E-state index contributed by atoms with van der Waals surface area (Å²) in [5.74, 6) is -0.556. The highest BCUT2D eigenvalue weighted by Crippen LogP contribution is 2.36. The first-order valence-electron chi connectivity index (χ1n) is 11.7. The zero-order valence-corrected chi connectivity index (χ0v) is 21.7. The van der Waals surface area contributed by atoms with E-state index in [0.29, 0.717) is 23.4 Å². The summed E-state index contributed by atoms with van der Waals surface area (Å²) in [4.78, 5) is 38.1. The van der Waals surface area contributed by atoms with Crippen LogP contribution in [0.1, 0.15) is 66.3 Å². The molecule has 2 aromatic carbocycles. The Labute approximate surface area is 209 Å². The molecule has 34 heavy (non-hydrogen) atoms. The van der Waals surface area contributed by atoms with E-state index in [9.17, 15) is 14.4 Å². The summed E-state index contributed by atoms with van der Waals surface area (Å²) in [5, 5.41) is 2.73. The quantitative estimate of drug-likeness (QED) is 0.433. The van der Waals surface area contributed by atoms with Gasteiger partial charge in [0.1, 0.15) is 6.10 Å². The lowest BCUT2D eigenvalue weighted by Gasteiger charge is -2.36. The van der Waals surface area contributed by atoms with Gasteiger partial charge in [-0.15, -0.1) is 0 Å². The summed E-state index contributed by atoms with van der Waals surface area (Å²) in [6.45, 7) is 7.86. The molecule has 0 aromatic heterocycles. The molecule has 3 rings (SSSR count). The molecule has 0 spiro atoms. The predicted molar refractivity (Wildman–Crippen MR) is 135 cm³/mol. The largest absolute Gasteiger partial charge is 0.458 e. The number of ether oxygens (including phenoxy) is 2. The number of hydrogen-bond donors (Lipinski definition) is 1. The Hall–Kier alpha value is -2.67. The minimum atomic E-state index is -0.743. The number of nitrogens with one attached hydrogen (secondary N) is 1. The minimum Gasteiger partial charge on any atom is -0.458 e. The Morgan fingerprint density at radius 3 is 2.38 bits per heavy atom. The molecule has 0 radical (unpaired) electrons. The van der Waals surface area contributed by atoms with Crippen molar-refractivity contribution < 1.29 is 23.9 Å². The molecule has 6 nitrogen and oxygen atoms in total. The molecule has 1 saturated carbocycles. The van der Waals surface area contributed by atoms with Crippen LogP contribution in [0.3, 0.4) is 0 Å². The van der Waals surface area contributed by atoms with Crippen LogP contribution in [0.4, 0.5) is 5.69 Å². The lowest BCUT2D eigenvalue weighted by atomic mass is 9.75. The van der Waals surface area contributed by atoms with E-state index in [-0.39, 0.29) is 17.2 Å². The van der Waals surface area contributed by atoms with E-state index < -0.39 is 24.5 Å². The molecule has 3 atom stereocenters. The Balaban J connectivity index is 1.65. The topological polar surface area (TPSA) is 81.7 Å². The number of esters is 2. The van der Waals surface area contributed by atoms with E-state index in [0.717, 1.165) is 29.3 Å². The number of hydrogen-bond acceptors (Lipinski definition) is 5. The summed E-state index contributed by atoms with van der Waals surface area (Å²) < 4.78 is 12.0. The van der Waals surface area contributed by atoms with Gasteiger partial charge in [-0.3, -0.25) is 4.79 Å². The minimum absolute atomic E-state index is 0.0880. The van der Waals surface area contributed by atoms with E-state index in [1.54, 1.807) is 24.3 Å². The number of aryl methyl sites for hydroxylation is 1. The SMILES string of the molecule is Cc1cc(Br)ccc1NC(=O)COC(=O)c1ccccc1C(=O)O[C@@H]1C[C@H](C)CC[C@@H]1C(C)C. The second kappa shape index (κ2) is 11.6. The normalized spacial score (nSPS) is 20.0. The van der Waals surface area contributed by atoms with E-state index in [1.807, 2.05) is 19.1 Å². The smallest absolute Gasteiger partial charge is 0.339 e. The highest BCUT2D eigenvalue weighted by molar-refractivity contribution is 9.10. The molecule has 0 unspecified atom stereocenters. The number of amides is 1. The van der Waals surface area contributed by atoms with Crippen molar-refractivity contribution in [3.63, 3.8) is 0 Å². The zero-order valence-electron chi connectivity index (χ0n) is 20.1. The molecule has 0 aliphatic heterocycles. The van der Waals surface area contributed by atoms with Gasteiger partial charge in [0, 0.05) is 10.2 Å². The van der Waals surface area contributed by atoms with Crippen molar-refractivity contribution in [2.75, 3.05) is 11.9 Å². The van der Waals surface area contributed by atoms with Crippen LogP contribution in [0.5, 0.6) is 0 Å². The van der Waals surface area contributed by atoms with Crippen LogP contribution in [-0.4, -0.2) is 30.6 Å². The molecule has 0 heterocycles. The van der Waals surface area contributed by atoms with Crippen molar-refractivity contribution in [3.8, 4) is 0 Å². The number of carbonyl (C=O) groups excluding carboxylic acids is 3. The second-order valence-corrected chi connectivity index (χ2v) is 10.3. The van der Waals surface area contributed by atoms with Crippen molar-refractivity contribution in [2.45, 2.75) is 53.1 Å². The van der Waals surface area contributed by atoms with Crippen molar-refractivity contribution in [2.24, 2.45) is 17.8 Å². The molecule has 182 valence electrons. The molecular weight excluding hydrogens is 498 g/mol. The number of anilines is 1. The second-order valence-electron chi connectivity index (χ2n) is 9.40. The third-order valence-corrected chi connectivity index (χ3v) is 6.88. The van der Waals surface area contributed by atoms with E-state index in [2.05, 4.69) is 42.0 Å². The average molecular weight is 530 g/mol. The van der Waals surface area contributed by atoms with Gasteiger partial charge in [-0.1, -0.05) is 55.3 Å². The van der Waals surface area contributed by atoms with Crippen molar-refractivity contribution in [1.29, 1.82) is 0 Å². The van der Waals surface area contributed by atoms with Gasteiger partial charge in [0.05, 0.1) is 11.1 Å². The van der Waals surface area contributed by atoms with Gasteiger partial charge in [-0.05, 0) is 73.4 Å². The molecule has 1 amide bonds. The van der Waals surface area contributed by atoms with Gasteiger partial charge in [-0.2, -0.15) is 0 Å². The maximum absolute atomic E-state index is 13.0. The first kappa shape index (κ1) is 25.9. The Kier molecular flexibility index (Phi) is 8.89. The highest BCUT2D eigenvalue weighted by atomic mass is 79.9. The fourth-order valence-electron chi connectivity index (χ4n) is 4.45. The molecule has 1 aliphatic carbocycles. The zero-order chi connectivity index (χ0) is 24.8. The number of rotatable bonds is 7. The molecule has 0 bridgehead atoms. The van der Waals surface area contributed by atoms with E-state index in [4.69, 9.17) is 9.47 Å². The van der Waals surface area contributed by atoms with Crippen LogP contribution in [0, 0.1) is 24.7 Å². The maximum atomic E-state index is 13.0. The monoisotopic (exact) mass is 529 g/mol. The standard InChI is InChI=1S/C27H32BrNO5/c1-16(2)20-11-9-17(3)13-24(20)34-27(32)22-8-6-5-7-21(22)26(31)33-15-25(30)29-23-12-10-19(28)14-18(23)4/h5-8,10,12,14,16-17,20,24H,9,11,13,15H2,1-4H3,(H,29,30)/t17-,20-,24-/m1/s1. The molecular formula is C27H32BrNO5. The van der Waals surface area contributed by atoms with Gasteiger partial charge >= 0.3 is 11.9 Å². The van der Waals surface area contributed by atoms with E-state index >= 15 is 0 Å². The maximum Gasteiger partial charge on any atom is 0.339 e. The molecule has 2 aromatic rings. The third-order valence-electron chi connectivity index (χ3n) is 6.38. The van der Waals surface area contributed by atoms with Crippen molar-refractivity contribution in [3.05, 3.63) is 63.6 Å². The summed E-state index contributed by atoms with van der Waals surface area (Å²) in [6.07, 6.45) is 2.78. The third kappa shape index (κ3) is 6.69. The Bertz CT molecular complexity index is 1050. The Morgan fingerprint density at radius 1 is 1.06 bits per heavy atom.